The molecular formula is C19H29N3O3S. The van der Waals surface area contributed by atoms with Crippen molar-refractivity contribution in [3.05, 3.63) is 33.1 Å². The van der Waals surface area contributed by atoms with Gasteiger partial charge in [0.25, 0.3) is 5.56 Å². The molecule has 0 aliphatic carbocycles. The predicted molar refractivity (Wildman–Crippen MR) is 105 cm³/mol. The first-order valence-electron chi connectivity index (χ1n) is 9.43. The number of allylic oxidation sites excluding steroid dienone is 1. The van der Waals surface area contributed by atoms with Crippen LogP contribution in [0.25, 0.3) is 6.08 Å². The predicted octanol–water partition coefficient (Wildman–Crippen LogP) is 2.62. The third-order valence-corrected chi connectivity index (χ3v) is 6.19. The molecule has 2 fully saturated rings. The third-order valence-electron chi connectivity index (χ3n) is 4.81. The average molecular weight is 380 g/mol. The fourth-order valence-corrected chi connectivity index (χ4v) is 4.33. The summed E-state index contributed by atoms with van der Waals surface area (Å²) in [6.07, 6.45) is 6.31. The van der Waals surface area contributed by atoms with Crippen LogP contribution in [-0.4, -0.2) is 47.7 Å². The maximum absolute atomic E-state index is 12.3. The van der Waals surface area contributed by atoms with Gasteiger partial charge >= 0.3 is 0 Å². The molecule has 1 aromatic heterocycles. The SMILES string of the molecule is C/C(=C\c1nc(CSC2CCOCC2)[nH]c(=O)c1C)N[C@H]1CCCOC1. The summed E-state index contributed by atoms with van der Waals surface area (Å²) in [5, 5.41) is 4.07. The van der Waals surface area contributed by atoms with Crippen LogP contribution in [0.3, 0.4) is 0 Å². The summed E-state index contributed by atoms with van der Waals surface area (Å²) in [5.41, 5.74) is 2.37. The molecule has 0 bridgehead atoms. The van der Waals surface area contributed by atoms with E-state index < -0.39 is 0 Å². The van der Waals surface area contributed by atoms with E-state index in [0.29, 0.717) is 16.9 Å². The molecule has 0 aromatic carbocycles. The minimum atomic E-state index is -0.0531. The molecule has 3 heterocycles. The summed E-state index contributed by atoms with van der Waals surface area (Å²) in [7, 11) is 0. The molecule has 0 amide bonds. The van der Waals surface area contributed by atoms with Crippen LogP contribution < -0.4 is 10.9 Å². The first-order valence-corrected chi connectivity index (χ1v) is 10.5. The van der Waals surface area contributed by atoms with Crippen molar-refractivity contribution in [2.45, 2.75) is 56.6 Å². The quantitative estimate of drug-likeness (QED) is 0.791. The number of hydrogen-bond donors (Lipinski definition) is 2. The van der Waals surface area contributed by atoms with E-state index in [1.54, 1.807) is 0 Å². The summed E-state index contributed by atoms with van der Waals surface area (Å²) >= 11 is 1.86. The van der Waals surface area contributed by atoms with Crippen LogP contribution >= 0.6 is 11.8 Å². The lowest BCUT2D eigenvalue weighted by molar-refractivity contribution is 0.0737. The van der Waals surface area contributed by atoms with Gasteiger partial charge in [0.15, 0.2) is 0 Å². The van der Waals surface area contributed by atoms with Crippen molar-refractivity contribution in [1.29, 1.82) is 0 Å². The Labute approximate surface area is 159 Å². The van der Waals surface area contributed by atoms with Crippen LogP contribution in [-0.2, 0) is 15.2 Å². The number of aromatic amines is 1. The van der Waals surface area contributed by atoms with Gasteiger partial charge in [0.2, 0.25) is 0 Å². The molecule has 2 aliphatic heterocycles. The Hall–Kier alpha value is -1.31. The van der Waals surface area contributed by atoms with Gasteiger partial charge in [-0.25, -0.2) is 4.98 Å². The Bertz CT molecular complexity index is 677. The second-order valence-electron chi connectivity index (χ2n) is 7.03. The van der Waals surface area contributed by atoms with E-state index in [-0.39, 0.29) is 5.56 Å². The molecule has 1 atom stereocenters. The fraction of sp³-hybridized carbons (Fsp3) is 0.684. The highest BCUT2D eigenvalue weighted by Gasteiger charge is 2.16. The van der Waals surface area contributed by atoms with Crippen molar-refractivity contribution in [3.8, 4) is 0 Å². The largest absolute Gasteiger partial charge is 0.383 e. The molecule has 26 heavy (non-hydrogen) atoms. The number of rotatable bonds is 6. The first-order chi connectivity index (χ1) is 12.6. The zero-order chi connectivity index (χ0) is 18.4. The lowest BCUT2D eigenvalue weighted by Crippen LogP contribution is -2.35. The molecule has 2 N–H and O–H groups in total. The number of thioether (sulfide) groups is 1. The summed E-state index contributed by atoms with van der Waals surface area (Å²) in [5.74, 6) is 1.47. The summed E-state index contributed by atoms with van der Waals surface area (Å²) in [6.45, 7) is 7.10. The molecule has 0 radical (unpaired) electrons. The zero-order valence-corrected chi connectivity index (χ0v) is 16.5. The van der Waals surface area contributed by atoms with Crippen molar-refractivity contribution in [1.82, 2.24) is 15.3 Å². The van der Waals surface area contributed by atoms with Crippen molar-refractivity contribution in [2.24, 2.45) is 0 Å². The Morgan fingerprint density at radius 2 is 2.12 bits per heavy atom. The standard InChI is InChI=1S/C19H29N3O3S/c1-13(20-15-4-3-7-25-11-15)10-17-14(2)19(23)22-18(21-17)12-26-16-5-8-24-9-6-16/h10,15-16,20H,3-9,11-12H2,1-2H3,(H,21,22,23)/b13-10+/t15-/m0/s1. The lowest BCUT2D eigenvalue weighted by Gasteiger charge is -2.24. The van der Waals surface area contributed by atoms with E-state index in [0.717, 1.165) is 75.1 Å². The highest BCUT2D eigenvalue weighted by Crippen LogP contribution is 2.24. The van der Waals surface area contributed by atoms with Crippen LogP contribution in [0, 0.1) is 6.92 Å². The highest BCUT2D eigenvalue weighted by atomic mass is 32.2. The number of hydrogen-bond acceptors (Lipinski definition) is 6. The minimum Gasteiger partial charge on any atom is -0.383 e. The van der Waals surface area contributed by atoms with Crippen molar-refractivity contribution in [2.75, 3.05) is 26.4 Å². The van der Waals surface area contributed by atoms with Gasteiger partial charge in [0, 0.05) is 42.4 Å². The monoisotopic (exact) mass is 379 g/mol. The average Bonchev–Trinajstić information content (AvgIpc) is 2.65. The van der Waals surface area contributed by atoms with E-state index in [1.807, 2.05) is 31.7 Å². The van der Waals surface area contributed by atoms with Gasteiger partial charge in [0.05, 0.1) is 18.1 Å². The van der Waals surface area contributed by atoms with Crippen LogP contribution in [0.4, 0.5) is 0 Å². The summed E-state index contributed by atoms with van der Waals surface area (Å²) < 4.78 is 10.9. The fourth-order valence-electron chi connectivity index (χ4n) is 3.27. The van der Waals surface area contributed by atoms with E-state index in [2.05, 4.69) is 10.3 Å². The van der Waals surface area contributed by atoms with Gasteiger partial charge in [-0.2, -0.15) is 11.8 Å². The van der Waals surface area contributed by atoms with E-state index in [9.17, 15) is 4.79 Å². The van der Waals surface area contributed by atoms with Gasteiger partial charge in [0.1, 0.15) is 5.82 Å². The number of ether oxygens (including phenoxy) is 2. The van der Waals surface area contributed by atoms with Gasteiger partial charge < -0.3 is 19.8 Å². The molecule has 1 aromatic rings. The van der Waals surface area contributed by atoms with Crippen LogP contribution in [0.5, 0.6) is 0 Å². The van der Waals surface area contributed by atoms with Crippen LogP contribution in [0.2, 0.25) is 0 Å². The molecule has 3 rings (SSSR count). The maximum Gasteiger partial charge on any atom is 0.254 e. The lowest BCUT2D eigenvalue weighted by atomic mass is 10.1. The molecule has 0 spiro atoms. The van der Waals surface area contributed by atoms with Crippen molar-refractivity contribution < 1.29 is 9.47 Å². The summed E-state index contributed by atoms with van der Waals surface area (Å²) in [6, 6.07) is 0.339. The maximum atomic E-state index is 12.3. The van der Waals surface area contributed by atoms with Gasteiger partial charge in [-0.05, 0) is 45.6 Å². The Kier molecular flexibility index (Phi) is 7.16. The molecule has 0 unspecified atom stereocenters. The molecular weight excluding hydrogens is 350 g/mol. The zero-order valence-electron chi connectivity index (χ0n) is 15.7. The van der Waals surface area contributed by atoms with E-state index in [4.69, 9.17) is 14.5 Å². The normalized spacial score (nSPS) is 22.4. The molecule has 2 saturated heterocycles. The second-order valence-corrected chi connectivity index (χ2v) is 8.32. The Balaban J connectivity index is 1.66. The highest BCUT2D eigenvalue weighted by molar-refractivity contribution is 7.99. The van der Waals surface area contributed by atoms with Gasteiger partial charge in [-0.15, -0.1) is 0 Å². The third kappa shape index (κ3) is 5.59. The Morgan fingerprint density at radius 3 is 2.85 bits per heavy atom. The second kappa shape index (κ2) is 9.58. The van der Waals surface area contributed by atoms with E-state index >= 15 is 0 Å². The van der Waals surface area contributed by atoms with Gasteiger partial charge in [-0.1, -0.05) is 0 Å². The van der Waals surface area contributed by atoms with Crippen molar-refractivity contribution in [3.63, 3.8) is 0 Å². The van der Waals surface area contributed by atoms with Crippen LogP contribution in [0.15, 0.2) is 10.5 Å². The number of nitrogens with one attached hydrogen (secondary N) is 2. The number of H-pyrrole nitrogens is 1. The Morgan fingerprint density at radius 1 is 1.31 bits per heavy atom. The first kappa shape index (κ1) is 19.5. The van der Waals surface area contributed by atoms with Crippen molar-refractivity contribution >= 4 is 17.8 Å². The number of nitrogens with zero attached hydrogens (tertiary/aromatic N) is 1. The topological polar surface area (TPSA) is 76.2 Å². The van der Waals surface area contributed by atoms with Gasteiger partial charge in [-0.3, -0.25) is 4.79 Å². The van der Waals surface area contributed by atoms with Crippen LogP contribution in [0.1, 0.15) is 49.7 Å². The summed E-state index contributed by atoms with van der Waals surface area (Å²) in [4.78, 5) is 19.9. The number of aromatic nitrogens is 2. The molecule has 144 valence electrons. The molecule has 6 nitrogen and oxygen atoms in total. The minimum absolute atomic E-state index is 0.0531. The molecule has 7 heteroatoms. The molecule has 2 aliphatic rings. The van der Waals surface area contributed by atoms with E-state index in [1.165, 1.54) is 0 Å². The smallest absolute Gasteiger partial charge is 0.254 e. The molecule has 0 saturated carbocycles.